The molecule has 0 aliphatic heterocycles. The van der Waals surface area contributed by atoms with E-state index < -0.39 is 5.91 Å². The number of amides is 2. The average molecular weight is 286 g/mol. The summed E-state index contributed by atoms with van der Waals surface area (Å²) in [4.78, 5) is 23.4. The summed E-state index contributed by atoms with van der Waals surface area (Å²) in [6.45, 7) is 3.83. The van der Waals surface area contributed by atoms with Crippen molar-refractivity contribution in [2.24, 2.45) is 12.8 Å². The number of nitrogens with one attached hydrogen (secondary N) is 1. The van der Waals surface area contributed by atoms with Crippen molar-refractivity contribution >= 4 is 11.8 Å². The minimum atomic E-state index is -0.555. The zero-order valence-corrected chi connectivity index (χ0v) is 12.3. The predicted octanol–water partition coefficient (Wildman–Crippen LogP) is 1.32. The van der Waals surface area contributed by atoms with E-state index in [-0.39, 0.29) is 11.9 Å². The Labute approximate surface area is 122 Å². The second-order valence-electron chi connectivity index (χ2n) is 4.95. The Morgan fingerprint density at radius 2 is 2.00 bits per heavy atom. The highest BCUT2D eigenvalue weighted by Gasteiger charge is 2.16. The van der Waals surface area contributed by atoms with Crippen molar-refractivity contribution in [2.75, 3.05) is 0 Å². The first-order valence-corrected chi connectivity index (χ1v) is 6.59. The van der Waals surface area contributed by atoms with E-state index in [2.05, 4.69) is 10.4 Å². The van der Waals surface area contributed by atoms with E-state index in [4.69, 9.17) is 5.73 Å². The Balaban J connectivity index is 2.16. The molecule has 0 aliphatic carbocycles. The SMILES string of the molecule is Cc1c(C(C)NC(=O)c2cccc(C(N)=O)c2)cnn1C. The maximum atomic E-state index is 12.2. The molecule has 0 saturated carbocycles. The Hall–Kier alpha value is -2.63. The lowest BCUT2D eigenvalue weighted by Crippen LogP contribution is -2.27. The van der Waals surface area contributed by atoms with Crippen molar-refractivity contribution in [2.45, 2.75) is 19.9 Å². The number of carbonyl (C=O) groups excluding carboxylic acids is 2. The molecule has 2 aromatic rings. The van der Waals surface area contributed by atoms with E-state index in [0.717, 1.165) is 11.3 Å². The van der Waals surface area contributed by atoms with Crippen LogP contribution >= 0.6 is 0 Å². The third kappa shape index (κ3) is 3.10. The molecule has 6 heteroatoms. The molecule has 0 saturated heterocycles. The quantitative estimate of drug-likeness (QED) is 0.888. The van der Waals surface area contributed by atoms with Gasteiger partial charge >= 0.3 is 0 Å². The molecule has 0 spiro atoms. The van der Waals surface area contributed by atoms with E-state index in [1.807, 2.05) is 20.9 Å². The highest BCUT2D eigenvalue weighted by atomic mass is 16.2. The van der Waals surface area contributed by atoms with E-state index in [0.29, 0.717) is 11.1 Å². The first-order valence-electron chi connectivity index (χ1n) is 6.59. The molecule has 6 nitrogen and oxygen atoms in total. The van der Waals surface area contributed by atoms with Gasteiger partial charge in [-0.15, -0.1) is 0 Å². The van der Waals surface area contributed by atoms with Gasteiger partial charge in [0.25, 0.3) is 5.91 Å². The maximum Gasteiger partial charge on any atom is 0.251 e. The molecule has 1 aromatic carbocycles. The summed E-state index contributed by atoms with van der Waals surface area (Å²) < 4.78 is 1.76. The molecular weight excluding hydrogens is 268 g/mol. The molecule has 1 unspecified atom stereocenters. The normalized spacial score (nSPS) is 12.0. The highest BCUT2D eigenvalue weighted by Crippen LogP contribution is 2.16. The minimum Gasteiger partial charge on any atom is -0.366 e. The van der Waals surface area contributed by atoms with Gasteiger partial charge in [0.15, 0.2) is 0 Å². The van der Waals surface area contributed by atoms with Crippen molar-refractivity contribution in [3.05, 3.63) is 52.8 Å². The molecule has 1 atom stereocenters. The van der Waals surface area contributed by atoms with Crippen molar-refractivity contribution < 1.29 is 9.59 Å². The van der Waals surface area contributed by atoms with Crippen LogP contribution in [0.25, 0.3) is 0 Å². The molecule has 1 heterocycles. The lowest BCUT2D eigenvalue weighted by molar-refractivity contribution is 0.0940. The summed E-state index contributed by atoms with van der Waals surface area (Å²) in [5, 5.41) is 7.05. The fourth-order valence-electron chi connectivity index (χ4n) is 2.11. The second kappa shape index (κ2) is 5.78. The number of rotatable bonds is 4. The van der Waals surface area contributed by atoms with Gasteiger partial charge in [0.2, 0.25) is 5.91 Å². The first kappa shape index (κ1) is 14.8. The number of carbonyl (C=O) groups is 2. The van der Waals surface area contributed by atoms with E-state index >= 15 is 0 Å². The van der Waals surface area contributed by atoms with Gasteiger partial charge < -0.3 is 11.1 Å². The highest BCUT2D eigenvalue weighted by molar-refractivity contribution is 5.99. The topological polar surface area (TPSA) is 90.0 Å². The number of primary amides is 1. The lowest BCUT2D eigenvalue weighted by atomic mass is 10.1. The number of hydrogen-bond donors (Lipinski definition) is 2. The monoisotopic (exact) mass is 286 g/mol. The van der Waals surface area contributed by atoms with Gasteiger partial charge in [-0.2, -0.15) is 5.10 Å². The average Bonchev–Trinajstić information content (AvgIpc) is 2.79. The van der Waals surface area contributed by atoms with Crippen LogP contribution in [-0.2, 0) is 7.05 Å². The summed E-state index contributed by atoms with van der Waals surface area (Å²) in [7, 11) is 1.85. The second-order valence-corrected chi connectivity index (χ2v) is 4.95. The van der Waals surface area contributed by atoms with Crippen LogP contribution in [-0.4, -0.2) is 21.6 Å². The predicted molar refractivity (Wildman–Crippen MR) is 78.8 cm³/mol. The first-order chi connectivity index (χ1) is 9.90. The molecule has 2 amide bonds. The standard InChI is InChI=1S/C15H18N4O2/c1-9(13-8-17-19(3)10(13)2)18-15(21)12-6-4-5-11(7-12)14(16)20/h4-9H,1-3H3,(H2,16,20)(H,18,21). The van der Waals surface area contributed by atoms with Crippen LogP contribution in [0.15, 0.2) is 30.5 Å². The molecule has 0 radical (unpaired) electrons. The molecule has 0 bridgehead atoms. The zero-order valence-electron chi connectivity index (χ0n) is 12.3. The molecule has 0 fully saturated rings. The summed E-state index contributed by atoms with van der Waals surface area (Å²) >= 11 is 0. The fourth-order valence-corrected chi connectivity index (χ4v) is 2.11. The van der Waals surface area contributed by atoms with Crippen LogP contribution in [0.3, 0.4) is 0 Å². The van der Waals surface area contributed by atoms with Gasteiger partial charge in [0.1, 0.15) is 0 Å². The van der Waals surface area contributed by atoms with Gasteiger partial charge in [-0.05, 0) is 32.0 Å². The van der Waals surface area contributed by atoms with Crippen LogP contribution in [0.4, 0.5) is 0 Å². The number of nitrogens with two attached hydrogens (primary N) is 1. The minimum absolute atomic E-state index is 0.177. The molecule has 0 aliphatic rings. The summed E-state index contributed by atoms with van der Waals surface area (Å²) in [6.07, 6.45) is 1.74. The Bertz CT molecular complexity index is 691. The molecule has 21 heavy (non-hydrogen) atoms. The van der Waals surface area contributed by atoms with Crippen molar-refractivity contribution in [3.63, 3.8) is 0 Å². The number of benzene rings is 1. The van der Waals surface area contributed by atoms with Crippen LogP contribution in [0.2, 0.25) is 0 Å². The van der Waals surface area contributed by atoms with Gasteiger partial charge in [0.05, 0.1) is 12.2 Å². The number of aryl methyl sites for hydroxylation is 1. The zero-order chi connectivity index (χ0) is 15.6. The van der Waals surface area contributed by atoms with Crippen LogP contribution in [0.5, 0.6) is 0 Å². The van der Waals surface area contributed by atoms with Crippen molar-refractivity contribution in [1.82, 2.24) is 15.1 Å². The Morgan fingerprint density at radius 3 is 2.57 bits per heavy atom. The van der Waals surface area contributed by atoms with Crippen molar-refractivity contribution in [3.8, 4) is 0 Å². The number of hydrogen-bond acceptors (Lipinski definition) is 3. The van der Waals surface area contributed by atoms with Crippen LogP contribution < -0.4 is 11.1 Å². The molecule has 2 rings (SSSR count). The molecule has 110 valence electrons. The smallest absolute Gasteiger partial charge is 0.251 e. The third-order valence-electron chi connectivity index (χ3n) is 3.50. The third-order valence-corrected chi connectivity index (χ3v) is 3.50. The molecule has 1 aromatic heterocycles. The van der Waals surface area contributed by atoms with Crippen LogP contribution in [0, 0.1) is 6.92 Å². The van der Waals surface area contributed by atoms with E-state index in [1.54, 1.807) is 29.1 Å². The number of nitrogens with zero attached hydrogens (tertiary/aromatic N) is 2. The molecular formula is C15H18N4O2. The number of aromatic nitrogens is 2. The summed E-state index contributed by atoms with van der Waals surface area (Å²) in [6, 6.07) is 6.16. The fraction of sp³-hybridized carbons (Fsp3) is 0.267. The van der Waals surface area contributed by atoms with Crippen LogP contribution in [0.1, 0.15) is 44.9 Å². The Morgan fingerprint density at radius 1 is 1.33 bits per heavy atom. The molecule has 3 N–H and O–H groups in total. The van der Waals surface area contributed by atoms with Gasteiger partial charge in [-0.1, -0.05) is 6.07 Å². The maximum absolute atomic E-state index is 12.2. The largest absolute Gasteiger partial charge is 0.366 e. The summed E-state index contributed by atoms with van der Waals surface area (Å²) in [5.41, 5.74) is 7.88. The van der Waals surface area contributed by atoms with Gasteiger partial charge in [0, 0.05) is 29.4 Å². The van der Waals surface area contributed by atoms with Gasteiger partial charge in [-0.3, -0.25) is 14.3 Å². The van der Waals surface area contributed by atoms with Crippen molar-refractivity contribution in [1.29, 1.82) is 0 Å². The van der Waals surface area contributed by atoms with E-state index in [1.165, 1.54) is 6.07 Å². The van der Waals surface area contributed by atoms with Gasteiger partial charge in [-0.25, -0.2) is 0 Å². The lowest BCUT2D eigenvalue weighted by Gasteiger charge is -2.14. The van der Waals surface area contributed by atoms with E-state index in [9.17, 15) is 9.59 Å². The Kier molecular flexibility index (Phi) is 4.07. The summed E-state index contributed by atoms with van der Waals surface area (Å²) in [5.74, 6) is -0.811.